The molecule has 0 atom stereocenters. The van der Waals surface area contributed by atoms with Gasteiger partial charge in [-0.15, -0.1) is 0 Å². The normalized spacial score (nSPS) is 19.8. The Morgan fingerprint density at radius 1 is 1.11 bits per heavy atom. The van der Waals surface area contributed by atoms with Crippen molar-refractivity contribution in [2.45, 2.75) is 44.7 Å². The van der Waals surface area contributed by atoms with Gasteiger partial charge < -0.3 is 21.1 Å². The Morgan fingerprint density at radius 2 is 1.89 bits per heavy atom. The number of rotatable bonds is 6. The molecule has 142 valence electrons. The lowest BCUT2D eigenvalue weighted by Crippen LogP contribution is -2.33. The van der Waals surface area contributed by atoms with Gasteiger partial charge in [-0.2, -0.15) is 19.6 Å². The number of hydrogen-bond donors (Lipinski definition) is 3. The molecule has 0 radical (unpaired) electrons. The largest absolute Gasteiger partial charge is 0.494 e. The lowest BCUT2D eigenvalue weighted by molar-refractivity contribution is 0.340. The van der Waals surface area contributed by atoms with Crippen LogP contribution < -0.4 is 21.1 Å². The molecule has 0 bridgehead atoms. The van der Waals surface area contributed by atoms with Gasteiger partial charge in [0.2, 0.25) is 11.9 Å². The van der Waals surface area contributed by atoms with Crippen LogP contribution in [-0.4, -0.2) is 38.3 Å². The minimum Gasteiger partial charge on any atom is -0.494 e. The van der Waals surface area contributed by atoms with Crippen LogP contribution in [0.4, 0.5) is 17.6 Å². The second kappa shape index (κ2) is 7.79. The zero-order valence-corrected chi connectivity index (χ0v) is 15.4. The molecule has 8 heteroatoms. The van der Waals surface area contributed by atoms with Gasteiger partial charge in [0.15, 0.2) is 5.65 Å². The summed E-state index contributed by atoms with van der Waals surface area (Å²) in [5.41, 5.74) is 7.65. The first kappa shape index (κ1) is 17.5. The number of anilines is 3. The van der Waals surface area contributed by atoms with Crippen molar-refractivity contribution in [3.8, 4) is 5.75 Å². The number of ether oxygens (including phenoxy) is 1. The molecule has 2 aromatic heterocycles. The van der Waals surface area contributed by atoms with Gasteiger partial charge in [0.25, 0.3) is 0 Å². The molecule has 1 aliphatic rings. The van der Waals surface area contributed by atoms with Crippen molar-refractivity contribution in [3.63, 3.8) is 0 Å². The Hall–Kier alpha value is -2.87. The number of hydrogen-bond acceptors (Lipinski definition) is 7. The fraction of sp³-hybridized carbons (Fsp3) is 0.421. The maximum atomic E-state index is 6.00. The minimum atomic E-state index is 0.318. The molecule has 0 amide bonds. The highest BCUT2D eigenvalue weighted by Crippen LogP contribution is 2.23. The molecule has 27 heavy (non-hydrogen) atoms. The summed E-state index contributed by atoms with van der Waals surface area (Å²) >= 11 is 0. The third-order valence-corrected chi connectivity index (χ3v) is 4.78. The highest BCUT2D eigenvalue weighted by Gasteiger charge is 2.20. The van der Waals surface area contributed by atoms with Gasteiger partial charge in [-0.25, -0.2) is 0 Å². The van der Waals surface area contributed by atoms with E-state index in [1.807, 2.05) is 37.3 Å². The van der Waals surface area contributed by atoms with Gasteiger partial charge in [-0.1, -0.05) is 0 Å². The van der Waals surface area contributed by atoms with Gasteiger partial charge in [0.1, 0.15) is 5.75 Å². The van der Waals surface area contributed by atoms with Crippen LogP contribution in [0.15, 0.2) is 36.5 Å². The van der Waals surface area contributed by atoms with E-state index in [0.717, 1.165) is 42.8 Å². The molecule has 1 aliphatic carbocycles. The van der Waals surface area contributed by atoms with E-state index in [-0.39, 0.29) is 0 Å². The van der Waals surface area contributed by atoms with E-state index in [9.17, 15) is 0 Å². The van der Waals surface area contributed by atoms with Crippen molar-refractivity contribution in [2.24, 2.45) is 5.73 Å². The van der Waals surface area contributed by atoms with Gasteiger partial charge in [-0.3, -0.25) is 0 Å². The average Bonchev–Trinajstić information content (AvgIpc) is 3.14. The molecule has 1 saturated carbocycles. The monoisotopic (exact) mass is 367 g/mol. The minimum absolute atomic E-state index is 0.318. The zero-order chi connectivity index (χ0) is 18.6. The lowest BCUT2D eigenvalue weighted by Gasteiger charge is -2.26. The maximum absolute atomic E-state index is 6.00. The summed E-state index contributed by atoms with van der Waals surface area (Å²) in [5.74, 6) is 2.06. The van der Waals surface area contributed by atoms with Gasteiger partial charge >= 0.3 is 0 Å². The van der Waals surface area contributed by atoms with Crippen LogP contribution in [-0.2, 0) is 0 Å². The van der Waals surface area contributed by atoms with Gasteiger partial charge in [-0.05, 0) is 56.9 Å². The van der Waals surface area contributed by atoms with E-state index >= 15 is 0 Å². The summed E-state index contributed by atoms with van der Waals surface area (Å²) in [4.78, 5) is 9.22. The summed E-state index contributed by atoms with van der Waals surface area (Å²) < 4.78 is 7.18. The Kier molecular flexibility index (Phi) is 5.06. The summed E-state index contributed by atoms with van der Waals surface area (Å²) in [7, 11) is 0. The fourth-order valence-corrected chi connectivity index (χ4v) is 3.35. The highest BCUT2D eigenvalue weighted by atomic mass is 16.5. The van der Waals surface area contributed by atoms with Crippen LogP contribution in [0.2, 0.25) is 0 Å². The molecular weight excluding hydrogens is 342 g/mol. The Labute approximate surface area is 158 Å². The third kappa shape index (κ3) is 4.11. The smallest absolute Gasteiger partial charge is 0.233 e. The molecule has 1 fully saturated rings. The summed E-state index contributed by atoms with van der Waals surface area (Å²) in [6.07, 6.45) is 5.86. The predicted molar refractivity (Wildman–Crippen MR) is 106 cm³/mol. The van der Waals surface area contributed by atoms with E-state index in [2.05, 4.69) is 25.7 Å². The molecule has 4 rings (SSSR count). The summed E-state index contributed by atoms with van der Waals surface area (Å²) in [6.45, 7) is 2.61. The van der Waals surface area contributed by atoms with Crippen LogP contribution >= 0.6 is 0 Å². The standard InChI is InChI=1S/C19H25N7O/c1-2-27-16-9-7-15(8-10-16)23-19-25-18(24-17-11-12-21-26(17)19)22-14-5-3-13(20)4-6-14/h7-14H,2-6,20H2,1H3,(H2,22,23,24,25)/t13-,14-. The third-order valence-electron chi connectivity index (χ3n) is 4.78. The van der Waals surface area contributed by atoms with Crippen LogP contribution in [0, 0.1) is 0 Å². The van der Waals surface area contributed by atoms with E-state index in [4.69, 9.17) is 10.5 Å². The van der Waals surface area contributed by atoms with Crippen LogP contribution in [0.25, 0.3) is 5.65 Å². The van der Waals surface area contributed by atoms with E-state index in [1.54, 1.807) is 10.7 Å². The molecule has 1 aromatic carbocycles. The Morgan fingerprint density at radius 3 is 2.63 bits per heavy atom. The van der Waals surface area contributed by atoms with Gasteiger partial charge in [0.05, 0.1) is 12.8 Å². The van der Waals surface area contributed by atoms with E-state index < -0.39 is 0 Å². The van der Waals surface area contributed by atoms with Crippen molar-refractivity contribution in [1.29, 1.82) is 0 Å². The Balaban J connectivity index is 1.55. The van der Waals surface area contributed by atoms with Crippen LogP contribution in [0.1, 0.15) is 32.6 Å². The first-order valence-corrected chi connectivity index (χ1v) is 9.45. The lowest BCUT2D eigenvalue weighted by atomic mass is 9.92. The highest BCUT2D eigenvalue weighted by molar-refractivity contribution is 5.59. The van der Waals surface area contributed by atoms with Crippen molar-refractivity contribution < 1.29 is 4.74 Å². The molecule has 0 aliphatic heterocycles. The molecule has 0 unspecified atom stereocenters. The van der Waals surface area contributed by atoms with E-state index in [1.165, 1.54) is 0 Å². The van der Waals surface area contributed by atoms with Crippen molar-refractivity contribution >= 4 is 23.2 Å². The first-order valence-electron chi connectivity index (χ1n) is 9.45. The first-order chi connectivity index (χ1) is 13.2. The SMILES string of the molecule is CCOc1ccc(Nc2nc(N[C@H]3CC[C@H](N)CC3)nc3ccnn23)cc1. The van der Waals surface area contributed by atoms with Crippen LogP contribution in [0.3, 0.4) is 0 Å². The Bertz CT molecular complexity index is 885. The molecule has 3 aromatic rings. The average molecular weight is 367 g/mol. The molecule has 8 nitrogen and oxygen atoms in total. The molecule has 0 spiro atoms. The van der Waals surface area contributed by atoms with E-state index in [0.29, 0.717) is 30.6 Å². The fourth-order valence-electron chi connectivity index (χ4n) is 3.35. The number of nitrogens with zero attached hydrogens (tertiary/aromatic N) is 4. The number of fused-ring (bicyclic) bond motifs is 1. The summed E-state index contributed by atoms with van der Waals surface area (Å²) in [5, 5.41) is 11.1. The molecular formula is C19H25N7O. The number of nitrogens with one attached hydrogen (secondary N) is 2. The van der Waals surface area contributed by atoms with Crippen molar-refractivity contribution in [2.75, 3.05) is 17.2 Å². The number of aromatic nitrogens is 4. The van der Waals surface area contributed by atoms with Crippen molar-refractivity contribution in [3.05, 3.63) is 36.5 Å². The quantitative estimate of drug-likeness (QED) is 0.615. The van der Waals surface area contributed by atoms with Gasteiger partial charge in [0, 0.05) is 23.8 Å². The zero-order valence-electron chi connectivity index (χ0n) is 15.4. The topological polar surface area (TPSA) is 102 Å². The second-order valence-electron chi connectivity index (χ2n) is 6.81. The van der Waals surface area contributed by atoms with Crippen molar-refractivity contribution in [1.82, 2.24) is 19.6 Å². The number of benzene rings is 1. The number of nitrogens with two attached hydrogens (primary N) is 1. The summed E-state index contributed by atoms with van der Waals surface area (Å²) in [6, 6.07) is 10.3. The molecule has 0 saturated heterocycles. The maximum Gasteiger partial charge on any atom is 0.233 e. The molecule has 2 heterocycles. The second-order valence-corrected chi connectivity index (χ2v) is 6.81. The van der Waals surface area contributed by atoms with Crippen LogP contribution in [0.5, 0.6) is 5.75 Å². The molecule has 4 N–H and O–H groups in total. The predicted octanol–water partition coefficient (Wildman–Crippen LogP) is 2.95.